The molecule has 0 saturated heterocycles. The second-order valence-electron chi connectivity index (χ2n) is 4.44. The second kappa shape index (κ2) is 6.42. The fraction of sp³-hybridized carbons (Fsp3) is 0.357. The predicted octanol–water partition coefficient (Wildman–Crippen LogP) is 3.82. The van der Waals surface area contributed by atoms with Crippen LogP contribution >= 0.6 is 23.2 Å². The van der Waals surface area contributed by atoms with E-state index in [9.17, 15) is 0 Å². The molecule has 0 aliphatic rings. The second-order valence-corrected chi connectivity index (χ2v) is 5.23. The van der Waals surface area contributed by atoms with Crippen molar-refractivity contribution < 1.29 is 0 Å². The molecule has 1 unspecified atom stereocenters. The molecule has 0 radical (unpaired) electrons. The van der Waals surface area contributed by atoms with Crippen LogP contribution in [0, 0.1) is 0 Å². The molecule has 1 aromatic heterocycles. The van der Waals surface area contributed by atoms with E-state index < -0.39 is 0 Å². The lowest BCUT2D eigenvalue weighted by Gasteiger charge is -2.18. The van der Waals surface area contributed by atoms with Gasteiger partial charge in [0.1, 0.15) is 0 Å². The summed E-state index contributed by atoms with van der Waals surface area (Å²) in [5.41, 5.74) is 1.90. The summed E-state index contributed by atoms with van der Waals surface area (Å²) in [4.78, 5) is 0. The van der Waals surface area contributed by atoms with Crippen LogP contribution in [0.15, 0.2) is 30.5 Å². The number of nitrogens with zero attached hydrogens (tertiary/aromatic N) is 2. The number of hydrogen-bond acceptors (Lipinski definition) is 2. The molecule has 1 N–H and O–H groups in total. The molecule has 0 bridgehead atoms. The molecule has 0 spiro atoms. The summed E-state index contributed by atoms with van der Waals surface area (Å²) in [7, 11) is 1.90. The largest absolute Gasteiger partial charge is 0.305 e. The third kappa shape index (κ3) is 3.30. The number of halogens is 2. The predicted molar refractivity (Wildman–Crippen MR) is 79.8 cm³/mol. The van der Waals surface area contributed by atoms with E-state index in [2.05, 4.69) is 17.3 Å². The number of benzene rings is 1. The van der Waals surface area contributed by atoms with Crippen molar-refractivity contribution in [1.29, 1.82) is 0 Å². The topological polar surface area (TPSA) is 29.9 Å². The van der Waals surface area contributed by atoms with E-state index in [4.69, 9.17) is 23.2 Å². The number of nitrogens with one attached hydrogen (secondary N) is 1. The van der Waals surface area contributed by atoms with Gasteiger partial charge in [-0.25, -0.2) is 0 Å². The van der Waals surface area contributed by atoms with E-state index in [1.54, 1.807) is 10.7 Å². The summed E-state index contributed by atoms with van der Waals surface area (Å²) in [5.74, 6) is 0. The van der Waals surface area contributed by atoms with Crippen molar-refractivity contribution in [2.75, 3.05) is 6.54 Å². The SMILES string of the molecule is CCCNC(c1ccn(C)n1)c1cccc(Cl)c1Cl. The van der Waals surface area contributed by atoms with Crippen molar-refractivity contribution in [2.24, 2.45) is 7.05 Å². The lowest BCUT2D eigenvalue weighted by molar-refractivity contribution is 0.575. The fourth-order valence-electron chi connectivity index (χ4n) is 1.99. The summed E-state index contributed by atoms with van der Waals surface area (Å²) in [5, 5.41) is 9.08. The first-order chi connectivity index (χ1) is 9.13. The minimum absolute atomic E-state index is 0.0349. The highest BCUT2D eigenvalue weighted by molar-refractivity contribution is 6.42. The highest BCUT2D eigenvalue weighted by Crippen LogP contribution is 2.32. The van der Waals surface area contributed by atoms with Gasteiger partial charge < -0.3 is 5.32 Å². The quantitative estimate of drug-likeness (QED) is 0.909. The molecular weight excluding hydrogens is 281 g/mol. The first kappa shape index (κ1) is 14.4. The zero-order valence-corrected chi connectivity index (χ0v) is 12.5. The third-order valence-electron chi connectivity index (χ3n) is 2.92. The Labute approximate surface area is 123 Å². The maximum Gasteiger partial charge on any atom is 0.0839 e. The van der Waals surface area contributed by atoms with Crippen LogP contribution in [-0.4, -0.2) is 16.3 Å². The average Bonchev–Trinajstić information content (AvgIpc) is 2.81. The molecule has 2 aromatic rings. The zero-order valence-electron chi connectivity index (χ0n) is 11.0. The molecule has 1 atom stereocenters. The zero-order chi connectivity index (χ0) is 13.8. The van der Waals surface area contributed by atoms with Gasteiger partial charge in [0.2, 0.25) is 0 Å². The smallest absolute Gasteiger partial charge is 0.0839 e. The van der Waals surface area contributed by atoms with Crippen molar-refractivity contribution in [3.63, 3.8) is 0 Å². The molecule has 0 saturated carbocycles. The van der Waals surface area contributed by atoms with Crippen LogP contribution in [0.2, 0.25) is 10.0 Å². The minimum atomic E-state index is -0.0349. The molecule has 0 aliphatic heterocycles. The first-order valence-electron chi connectivity index (χ1n) is 6.30. The van der Waals surface area contributed by atoms with Gasteiger partial charge in [0, 0.05) is 13.2 Å². The molecule has 1 heterocycles. The fourth-order valence-corrected chi connectivity index (χ4v) is 2.41. The van der Waals surface area contributed by atoms with Gasteiger partial charge in [-0.15, -0.1) is 0 Å². The molecule has 19 heavy (non-hydrogen) atoms. The van der Waals surface area contributed by atoms with Gasteiger partial charge in [-0.2, -0.15) is 5.10 Å². The van der Waals surface area contributed by atoms with Crippen LogP contribution in [0.5, 0.6) is 0 Å². The number of hydrogen-bond donors (Lipinski definition) is 1. The van der Waals surface area contributed by atoms with Crippen molar-refractivity contribution in [2.45, 2.75) is 19.4 Å². The van der Waals surface area contributed by atoms with E-state index in [1.165, 1.54) is 0 Å². The van der Waals surface area contributed by atoms with Crippen LogP contribution < -0.4 is 5.32 Å². The Kier molecular flexibility index (Phi) is 4.86. The Morgan fingerprint density at radius 2 is 2.11 bits per heavy atom. The first-order valence-corrected chi connectivity index (χ1v) is 7.06. The van der Waals surface area contributed by atoms with Crippen LogP contribution in [0.4, 0.5) is 0 Å². The third-order valence-corrected chi connectivity index (χ3v) is 3.75. The molecule has 0 fully saturated rings. The standard InChI is InChI=1S/C14H17Cl2N3/c1-3-8-17-14(12-7-9-19(2)18-12)10-5-4-6-11(15)13(10)16/h4-7,9,14,17H,3,8H2,1-2H3. The Morgan fingerprint density at radius 3 is 2.74 bits per heavy atom. The van der Waals surface area contributed by atoms with Crippen LogP contribution in [0.3, 0.4) is 0 Å². The van der Waals surface area contributed by atoms with E-state index in [-0.39, 0.29) is 6.04 Å². The molecule has 5 heteroatoms. The molecule has 3 nitrogen and oxygen atoms in total. The van der Waals surface area contributed by atoms with E-state index in [0.29, 0.717) is 10.0 Å². The molecule has 1 aromatic carbocycles. The van der Waals surface area contributed by atoms with Crippen molar-refractivity contribution in [3.8, 4) is 0 Å². The molecule has 0 amide bonds. The molecule has 0 aliphatic carbocycles. The van der Waals surface area contributed by atoms with Crippen LogP contribution in [0.25, 0.3) is 0 Å². The summed E-state index contributed by atoms with van der Waals surface area (Å²) in [6, 6.07) is 7.64. The number of aromatic nitrogens is 2. The highest BCUT2D eigenvalue weighted by atomic mass is 35.5. The van der Waals surface area contributed by atoms with E-state index in [0.717, 1.165) is 24.2 Å². The number of aryl methyl sites for hydroxylation is 1. The van der Waals surface area contributed by atoms with Gasteiger partial charge in [0.15, 0.2) is 0 Å². The van der Waals surface area contributed by atoms with Crippen LogP contribution in [-0.2, 0) is 7.05 Å². The maximum absolute atomic E-state index is 6.32. The summed E-state index contributed by atoms with van der Waals surface area (Å²) < 4.78 is 1.79. The molecular formula is C14H17Cl2N3. The summed E-state index contributed by atoms with van der Waals surface area (Å²) >= 11 is 12.4. The average molecular weight is 298 g/mol. The maximum atomic E-state index is 6.32. The van der Waals surface area contributed by atoms with Gasteiger partial charge in [-0.3, -0.25) is 4.68 Å². The van der Waals surface area contributed by atoms with Crippen molar-refractivity contribution in [1.82, 2.24) is 15.1 Å². The Hall–Kier alpha value is -1.03. The van der Waals surface area contributed by atoms with Gasteiger partial charge in [-0.05, 0) is 30.7 Å². The van der Waals surface area contributed by atoms with E-state index >= 15 is 0 Å². The highest BCUT2D eigenvalue weighted by Gasteiger charge is 2.19. The normalized spacial score (nSPS) is 12.6. The molecule has 102 valence electrons. The van der Waals surface area contributed by atoms with Gasteiger partial charge in [0.25, 0.3) is 0 Å². The van der Waals surface area contributed by atoms with E-state index in [1.807, 2.05) is 31.4 Å². The number of rotatable bonds is 5. The Bertz CT molecular complexity index is 551. The lowest BCUT2D eigenvalue weighted by atomic mass is 10.0. The molecule has 2 rings (SSSR count). The van der Waals surface area contributed by atoms with Gasteiger partial charge in [0.05, 0.1) is 21.8 Å². The Balaban J connectivity index is 2.39. The Morgan fingerprint density at radius 1 is 1.32 bits per heavy atom. The minimum Gasteiger partial charge on any atom is -0.305 e. The summed E-state index contributed by atoms with van der Waals surface area (Å²) in [6.45, 7) is 3.02. The van der Waals surface area contributed by atoms with Gasteiger partial charge >= 0.3 is 0 Å². The lowest BCUT2D eigenvalue weighted by Crippen LogP contribution is -2.24. The van der Waals surface area contributed by atoms with Crippen molar-refractivity contribution in [3.05, 3.63) is 51.8 Å². The van der Waals surface area contributed by atoms with Crippen LogP contribution in [0.1, 0.15) is 30.6 Å². The summed E-state index contributed by atoms with van der Waals surface area (Å²) in [6.07, 6.45) is 2.97. The van der Waals surface area contributed by atoms with Gasteiger partial charge in [-0.1, -0.05) is 42.3 Å². The van der Waals surface area contributed by atoms with Crippen molar-refractivity contribution >= 4 is 23.2 Å². The monoisotopic (exact) mass is 297 g/mol.